The summed E-state index contributed by atoms with van der Waals surface area (Å²) < 4.78 is 33.4. The highest BCUT2D eigenvalue weighted by atomic mass is 32.2. The second kappa shape index (κ2) is 7.75. The van der Waals surface area contributed by atoms with Crippen LogP contribution in [-0.4, -0.2) is 38.0 Å². The molecule has 0 radical (unpaired) electrons. The monoisotopic (exact) mass is 418 g/mol. The molecule has 2 aromatic carbocycles. The summed E-state index contributed by atoms with van der Waals surface area (Å²) in [6.45, 7) is 2.87. The number of primary amides is 1. The van der Waals surface area contributed by atoms with Crippen LogP contribution in [0.3, 0.4) is 0 Å². The van der Waals surface area contributed by atoms with Crippen molar-refractivity contribution in [1.29, 1.82) is 0 Å². The Labute approximate surface area is 168 Å². The maximum atomic E-state index is 13.4. The van der Waals surface area contributed by atoms with Crippen molar-refractivity contribution in [2.75, 3.05) is 10.9 Å². The highest BCUT2D eigenvalue weighted by Gasteiger charge is 2.39. The number of fused-ring (bicyclic) bond motifs is 1. The number of rotatable bonds is 6. The van der Waals surface area contributed by atoms with E-state index in [1.807, 2.05) is 0 Å². The van der Waals surface area contributed by atoms with Gasteiger partial charge in [0.1, 0.15) is 5.75 Å². The molecule has 3 N–H and O–H groups in total. The molecule has 0 spiro atoms. The van der Waals surface area contributed by atoms with Crippen LogP contribution in [0.1, 0.15) is 30.4 Å². The first-order chi connectivity index (χ1) is 13.6. The molecule has 0 saturated carbocycles. The maximum Gasteiger partial charge on any atom is 0.341 e. The SMILES string of the molecule is Cc1cc(S(=O)(=O)N2c3ccccc3C(C(N)=O)CC2C)ccc1OCC(=O)O. The lowest BCUT2D eigenvalue weighted by Gasteiger charge is -2.38. The van der Waals surface area contributed by atoms with Crippen LogP contribution in [0.15, 0.2) is 47.4 Å². The lowest BCUT2D eigenvalue weighted by Crippen LogP contribution is -2.45. The van der Waals surface area contributed by atoms with E-state index < -0.39 is 40.5 Å². The molecule has 0 aromatic heterocycles. The number of nitrogens with two attached hydrogens (primary N) is 1. The largest absolute Gasteiger partial charge is 0.482 e. The highest BCUT2D eigenvalue weighted by Crippen LogP contribution is 2.41. The Morgan fingerprint density at radius 3 is 2.55 bits per heavy atom. The smallest absolute Gasteiger partial charge is 0.341 e. The number of para-hydroxylation sites is 1. The van der Waals surface area contributed by atoms with E-state index in [9.17, 15) is 18.0 Å². The fourth-order valence-electron chi connectivity index (χ4n) is 3.62. The fraction of sp³-hybridized carbons (Fsp3) is 0.300. The molecular weight excluding hydrogens is 396 g/mol. The van der Waals surface area contributed by atoms with Crippen molar-refractivity contribution in [3.63, 3.8) is 0 Å². The number of amides is 1. The zero-order valence-electron chi connectivity index (χ0n) is 16.0. The van der Waals surface area contributed by atoms with Gasteiger partial charge in [-0.3, -0.25) is 9.10 Å². The van der Waals surface area contributed by atoms with Crippen LogP contribution in [0, 0.1) is 6.92 Å². The number of sulfonamides is 1. The van der Waals surface area contributed by atoms with E-state index in [4.69, 9.17) is 15.6 Å². The second-order valence-electron chi connectivity index (χ2n) is 7.01. The fourth-order valence-corrected chi connectivity index (χ4v) is 5.40. The summed E-state index contributed by atoms with van der Waals surface area (Å²) in [5.74, 6) is -1.87. The second-order valence-corrected chi connectivity index (χ2v) is 8.82. The predicted molar refractivity (Wildman–Crippen MR) is 106 cm³/mol. The molecule has 29 heavy (non-hydrogen) atoms. The van der Waals surface area contributed by atoms with E-state index in [2.05, 4.69) is 0 Å². The summed E-state index contributed by atoms with van der Waals surface area (Å²) in [4.78, 5) is 22.6. The minimum atomic E-state index is -3.93. The Bertz CT molecular complexity index is 1070. The third-order valence-corrected chi connectivity index (χ3v) is 6.85. The first-order valence-electron chi connectivity index (χ1n) is 9.01. The molecule has 0 saturated heterocycles. The Balaban J connectivity index is 2.03. The number of aryl methyl sites for hydroxylation is 1. The van der Waals surface area contributed by atoms with Gasteiger partial charge in [0.05, 0.1) is 16.5 Å². The average molecular weight is 418 g/mol. The van der Waals surface area contributed by atoms with Gasteiger partial charge in [-0.05, 0) is 55.7 Å². The molecule has 3 rings (SSSR count). The summed E-state index contributed by atoms with van der Waals surface area (Å²) in [7, 11) is -3.93. The molecule has 9 heteroatoms. The van der Waals surface area contributed by atoms with Crippen LogP contribution in [0.25, 0.3) is 0 Å². The molecule has 1 aliphatic heterocycles. The number of carboxylic acid groups (broad SMARTS) is 1. The van der Waals surface area contributed by atoms with E-state index in [1.165, 1.54) is 22.5 Å². The number of carbonyl (C=O) groups is 2. The Morgan fingerprint density at radius 1 is 1.24 bits per heavy atom. The van der Waals surface area contributed by atoms with Gasteiger partial charge in [-0.1, -0.05) is 18.2 Å². The summed E-state index contributed by atoms with van der Waals surface area (Å²) in [5, 5.41) is 8.74. The Morgan fingerprint density at radius 2 is 1.93 bits per heavy atom. The molecule has 0 bridgehead atoms. The number of aliphatic carboxylic acids is 1. The number of ether oxygens (including phenoxy) is 1. The van der Waals surface area contributed by atoms with Gasteiger partial charge in [-0.15, -0.1) is 0 Å². The summed E-state index contributed by atoms with van der Waals surface area (Å²) in [6.07, 6.45) is 0.282. The van der Waals surface area contributed by atoms with E-state index in [0.717, 1.165) is 0 Å². The van der Waals surface area contributed by atoms with Crippen molar-refractivity contribution in [2.24, 2.45) is 5.73 Å². The van der Waals surface area contributed by atoms with Gasteiger partial charge in [-0.25, -0.2) is 13.2 Å². The number of carboxylic acids is 1. The van der Waals surface area contributed by atoms with Gasteiger partial charge in [0, 0.05) is 6.04 Å². The molecule has 1 aliphatic rings. The summed E-state index contributed by atoms with van der Waals surface area (Å²) >= 11 is 0. The van der Waals surface area contributed by atoms with Crippen LogP contribution < -0.4 is 14.8 Å². The molecule has 0 aliphatic carbocycles. The summed E-state index contributed by atoms with van der Waals surface area (Å²) in [6, 6.07) is 10.6. The van der Waals surface area contributed by atoms with E-state index in [0.29, 0.717) is 22.6 Å². The molecule has 2 aromatic rings. The predicted octanol–water partition coefficient (Wildman–Crippen LogP) is 2.01. The molecule has 8 nitrogen and oxygen atoms in total. The van der Waals surface area contributed by atoms with Crippen LogP contribution in [0.5, 0.6) is 5.75 Å². The number of anilines is 1. The van der Waals surface area contributed by atoms with Crippen LogP contribution in [-0.2, 0) is 19.6 Å². The third-order valence-electron chi connectivity index (χ3n) is 4.92. The van der Waals surface area contributed by atoms with E-state index in [1.54, 1.807) is 38.1 Å². The molecule has 2 atom stereocenters. The Hall–Kier alpha value is -3.07. The topological polar surface area (TPSA) is 127 Å². The summed E-state index contributed by atoms with van der Waals surface area (Å²) in [5.41, 5.74) is 7.05. The molecule has 0 fully saturated rings. The molecule has 2 unspecified atom stereocenters. The minimum absolute atomic E-state index is 0.0526. The van der Waals surface area contributed by atoms with Gasteiger partial charge in [0.15, 0.2) is 6.61 Å². The van der Waals surface area contributed by atoms with Gasteiger partial charge < -0.3 is 15.6 Å². The average Bonchev–Trinajstić information content (AvgIpc) is 2.65. The van der Waals surface area contributed by atoms with Crippen molar-refractivity contribution in [3.05, 3.63) is 53.6 Å². The number of carbonyl (C=O) groups excluding carboxylic acids is 1. The highest BCUT2D eigenvalue weighted by molar-refractivity contribution is 7.92. The van der Waals surface area contributed by atoms with Crippen molar-refractivity contribution in [3.8, 4) is 5.75 Å². The first kappa shape index (κ1) is 20.7. The van der Waals surface area contributed by atoms with Gasteiger partial charge in [0.2, 0.25) is 5.91 Å². The normalized spacial score (nSPS) is 18.8. The van der Waals surface area contributed by atoms with Crippen LogP contribution in [0.2, 0.25) is 0 Å². The zero-order valence-corrected chi connectivity index (χ0v) is 16.8. The quantitative estimate of drug-likeness (QED) is 0.739. The molecular formula is C20H22N2O6S. The molecule has 1 heterocycles. The van der Waals surface area contributed by atoms with Gasteiger partial charge in [0.25, 0.3) is 10.0 Å². The minimum Gasteiger partial charge on any atom is -0.482 e. The van der Waals surface area contributed by atoms with E-state index >= 15 is 0 Å². The maximum absolute atomic E-state index is 13.4. The number of hydrogen-bond acceptors (Lipinski definition) is 5. The van der Waals surface area contributed by atoms with Crippen LogP contribution in [0.4, 0.5) is 5.69 Å². The number of benzene rings is 2. The number of nitrogens with zero attached hydrogens (tertiary/aromatic N) is 1. The van der Waals surface area contributed by atoms with Gasteiger partial charge >= 0.3 is 5.97 Å². The lowest BCUT2D eigenvalue weighted by molar-refractivity contribution is -0.139. The van der Waals surface area contributed by atoms with Gasteiger partial charge in [-0.2, -0.15) is 0 Å². The van der Waals surface area contributed by atoms with Crippen molar-refractivity contribution in [2.45, 2.75) is 37.1 Å². The molecule has 1 amide bonds. The standard InChI is InChI=1S/C20H22N2O6S/c1-12-9-14(7-8-18(12)28-11-19(23)24)29(26,27)22-13(2)10-16(20(21)25)15-5-3-4-6-17(15)22/h3-9,13,16H,10-11H2,1-2H3,(H2,21,25)(H,23,24). The lowest BCUT2D eigenvalue weighted by atomic mass is 9.87. The Kier molecular flexibility index (Phi) is 5.52. The van der Waals surface area contributed by atoms with Crippen molar-refractivity contribution in [1.82, 2.24) is 0 Å². The van der Waals surface area contributed by atoms with Crippen molar-refractivity contribution < 1.29 is 27.9 Å². The zero-order chi connectivity index (χ0) is 21.3. The van der Waals surface area contributed by atoms with Crippen LogP contribution >= 0.6 is 0 Å². The van der Waals surface area contributed by atoms with E-state index in [-0.39, 0.29) is 11.3 Å². The number of hydrogen-bond donors (Lipinski definition) is 2. The first-order valence-corrected chi connectivity index (χ1v) is 10.4. The molecule has 154 valence electrons. The third kappa shape index (κ3) is 3.91. The van der Waals surface area contributed by atoms with Crippen molar-refractivity contribution >= 4 is 27.6 Å².